The van der Waals surface area contributed by atoms with E-state index in [1.54, 1.807) is 7.11 Å². The number of H-pyrrole nitrogens is 1. The SMILES string of the molecule is COc1ccccc1NC(=O)N1CCN(c2nc3ccccc3[nH]2)CC1. The van der Waals surface area contributed by atoms with Crippen LogP contribution in [0.15, 0.2) is 48.5 Å². The summed E-state index contributed by atoms with van der Waals surface area (Å²) in [6.07, 6.45) is 0. The lowest BCUT2D eigenvalue weighted by atomic mass is 10.3. The molecule has 2 N–H and O–H groups in total. The van der Waals surface area contributed by atoms with Gasteiger partial charge in [0, 0.05) is 26.2 Å². The van der Waals surface area contributed by atoms with Gasteiger partial charge in [-0.2, -0.15) is 0 Å². The first-order chi connectivity index (χ1) is 12.7. The van der Waals surface area contributed by atoms with Gasteiger partial charge in [-0.1, -0.05) is 24.3 Å². The number of imidazole rings is 1. The highest BCUT2D eigenvalue weighted by Crippen LogP contribution is 2.24. The minimum absolute atomic E-state index is 0.112. The van der Waals surface area contributed by atoms with Gasteiger partial charge in [0.1, 0.15) is 5.75 Å². The molecular formula is C19H21N5O2. The zero-order valence-electron chi connectivity index (χ0n) is 14.6. The third kappa shape index (κ3) is 3.15. The van der Waals surface area contributed by atoms with Crippen molar-refractivity contribution in [3.05, 3.63) is 48.5 Å². The summed E-state index contributed by atoms with van der Waals surface area (Å²) in [5.41, 5.74) is 2.66. The van der Waals surface area contributed by atoms with E-state index >= 15 is 0 Å². The van der Waals surface area contributed by atoms with E-state index in [0.717, 1.165) is 30.1 Å². The first-order valence-electron chi connectivity index (χ1n) is 8.63. The van der Waals surface area contributed by atoms with Crippen LogP contribution in [0.4, 0.5) is 16.4 Å². The molecule has 2 amide bonds. The van der Waals surface area contributed by atoms with E-state index in [4.69, 9.17) is 4.74 Å². The van der Waals surface area contributed by atoms with Gasteiger partial charge < -0.3 is 24.8 Å². The second-order valence-electron chi connectivity index (χ2n) is 6.18. The highest BCUT2D eigenvalue weighted by molar-refractivity contribution is 5.91. The van der Waals surface area contributed by atoms with Crippen molar-refractivity contribution >= 4 is 28.7 Å². The summed E-state index contributed by atoms with van der Waals surface area (Å²) in [4.78, 5) is 24.5. The summed E-state index contributed by atoms with van der Waals surface area (Å²) in [7, 11) is 1.59. The van der Waals surface area contributed by atoms with E-state index in [1.807, 2.05) is 53.4 Å². The van der Waals surface area contributed by atoms with E-state index in [0.29, 0.717) is 24.5 Å². The zero-order valence-corrected chi connectivity index (χ0v) is 14.6. The maximum absolute atomic E-state index is 12.5. The van der Waals surface area contributed by atoms with Crippen LogP contribution in [0, 0.1) is 0 Å². The van der Waals surface area contributed by atoms with E-state index in [2.05, 4.69) is 20.2 Å². The number of carbonyl (C=O) groups is 1. The first kappa shape index (κ1) is 16.3. The molecule has 0 aliphatic carbocycles. The number of nitrogens with zero attached hydrogens (tertiary/aromatic N) is 3. The van der Waals surface area contributed by atoms with Crippen molar-refractivity contribution in [3.8, 4) is 5.75 Å². The molecule has 0 radical (unpaired) electrons. The van der Waals surface area contributed by atoms with Crippen LogP contribution in [0.2, 0.25) is 0 Å². The number of carbonyl (C=O) groups excluding carboxylic acids is 1. The van der Waals surface area contributed by atoms with Crippen molar-refractivity contribution in [1.29, 1.82) is 0 Å². The molecule has 134 valence electrons. The number of anilines is 2. The molecule has 1 saturated heterocycles. The van der Waals surface area contributed by atoms with Crippen molar-refractivity contribution < 1.29 is 9.53 Å². The Labute approximate surface area is 151 Å². The lowest BCUT2D eigenvalue weighted by Gasteiger charge is -2.34. The number of para-hydroxylation sites is 4. The van der Waals surface area contributed by atoms with E-state index < -0.39 is 0 Å². The van der Waals surface area contributed by atoms with Crippen molar-refractivity contribution in [2.24, 2.45) is 0 Å². The molecule has 7 heteroatoms. The fraction of sp³-hybridized carbons (Fsp3) is 0.263. The topological polar surface area (TPSA) is 73.5 Å². The van der Waals surface area contributed by atoms with Crippen LogP contribution in [0.25, 0.3) is 11.0 Å². The molecule has 0 unspecified atom stereocenters. The maximum Gasteiger partial charge on any atom is 0.322 e. The highest BCUT2D eigenvalue weighted by Gasteiger charge is 2.23. The number of rotatable bonds is 3. The Morgan fingerprint density at radius 2 is 1.81 bits per heavy atom. The van der Waals surface area contributed by atoms with Gasteiger partial charge in [0.25, 0.3) is 0 Å². The lowest BCUT2D eigenvalue weighted by molar-refractivity contribution is 0.208. The second-order valence-corrected chi connectivity index (χ2v) is 6.18. The molecule has 0 spiro atoms. The van der Waals surface area contributed by atoms with Crippen LogP contribution in [0.3, 0.4) is 0 Å². The summed E-state index contributed by atoms with van der Waals surface area (Å²) < 4.78 is 5.28. The molecule has 2 heterocycles. The molecule has 4 rings (SSSR count). The third-order valence-corrected chi connectivity index (χ3v) is 4.59. The molecule has 3 aromatic rings. The molecule has 2 aromatic carbocycles. The number of amides is 2. The number of urea groups is 1. The maximum atomic E-state index is 12.5. The van der Waals surface area contributed by atoms with Crippen LogP contribution < -0.4 is 15.0 Å². The summed E-state index contributed by atoms with van der Waals surface area (Å²) in [6.45, 7) is 2.74. The molecule has 0 bridgehead atoms. The number of ether oxygens (including phenoxy) is 1. The highest BCUT2D eigenvalue weighted by atomic mass is 16.5. The molecule has 1 aromatic heterocycles. The van der Waals surface area contributed by atoms with E-state index in [9.17, 15) is 4.79 Å². The van der Waals surface area contributed by atoms with Gasteiger partial charge in [0.05, 0.1) is 23.8 Å². The monoisotopic (exact) mass is 351 g/mol. The Kier molecular flexibility index (Phi) is 4.35. The first-order valence-corrected chi connectivity index (χ1v) is 8.63. The van der Waals surface area contributed by atoms with Crippen LogP contribution >= 0.6 is 0 Å². The fourth-order valence-electron chi connectivity index (χ4n) is 3.15. The van der Waals surface area contributed by atoms with Crippen molar-refractivity contribution in [3.63, 3.8) is 0 Å². The quantitative estimate of drug-likeness (QED) is 0.761. The third-order valence-electron chi connectivity index (χ3n) is 4.59. The van der Waals surface area contributed by atoms with Gasteiger partial charge in [-0.15, -0.1) is 0 Å². The van der Waals surface area contributed by atoms with Gasteiger partial charge in [0.15, 0.2) is 0 Å². The number of methoxy groups -OCH3 is 1. The molecule has 1 aliphatic rings. The summed E-state index contributed by atoms with van der Waals surface area (Å²) in [5, 5.41) is 2.93. The average molecular weight is 351 g/mol. The molecule has 0 atom stereocenters. The zero-order chi connectivity index (χ0) is 17.9. The standard InChI is InChI=1S/C19H21N5O2/c1-26-17-9-5-4-8-16(17)22-19(25)24-12-10-23(11-13-24)18-20-14-6-2-3-7-15(14)21-18/h2-9H,10-13H2,1H3,(H,20,21)(H,22,25). The van der Waals surface area contributed by atoms with Crippen LogP contribution in [0.1, 0.15) is 0 Å². The number of fused-ring (bicyclic) bond motifs is 1. The van der Waals surface area contributed by atoms with Gasteiger partial charge in [-0.3, -0.25) is 0 Å². The Hall–Kier alpha value is -3.22. The van der Waals surface area contributed by atoms with Gasteiger partial charge in [0.2, 0.25) is 5.95 Å². The largest absolute Gasteiger partial charge is 0.495 e. The van der Waals surface area contributed by atoms with Gasteiger partial charge >= 0.3 is 6.03 Å². The molecule has 1 fully saturated rings. The molecule has 1 aliphatic heterocycles. The van der Waals surface area contributed by atoms with E-state index in [-0.39, 0.29) is 6.03 Å². The fourth-order valence-corrected chi connectivity index (χ4v) is 3.15. The summed E-state index contributed by atoms with van der Waals surface area (Å²) in [5.74, 6) is 1.51. The Balaban J connectivity index is 1.39. The second kappa shape index (κ2) is 6.95. The van der Waals surface area contributed by atoms with E-state index in [1.165, 1.54) is 0 Å². The Morgan fingerprint density at radius 3 is 2.58 bits per heavy atom. The number of piperazine rings is 1. The predicted octanol–water partition coefficient (Wildman–Crippen LogP) is 2.93. The molecular weight excluding hydrogens is 330 g/mol. The minimum Gasteiger partial charge on any atom is -0.495 e. The number of benzene rings is 2. The number of aromatic amines is 1. The molecule has 0 saturated carbocycles. The summed E-state index contributed by atoms with van der Waals surface area (Å²) >= 11 is 0. The van der Waals surface area contributed by atoms with Crippen molar-refractivity contribution in [2.75, 3.05) is 43.5 Å². The van der Waals surface area contributed by atoms with Crippen molar-refractivity contribution in [2.45, 2.75) is 0 Å². The van der Waals surface area contributed by atoms with Crippen LogP contribution in [-0.4, -0.2) is 54.2 Å². The predicted molar refractivity (Wildman–Crippen MR) is 102 cm³/mol. The number of hydrogen-bond acceptors (Lipinski definition) is 4. The smallest absolute Gasteiger partial charge is 0.322 e. The Morgan fingerprint density at radius 1 is 1.08 bits per heavy atom. The number of aromatic nitrogens is 2. The lowest BCUT2D eigenvalue weighted by Crippen LogP contribution is -2.50. The molecule has 26 heavy (non-hydrogen) atoms. The van der Waals surface area contributed by atoms with Crippen molar-refractivity contribution in [1.82, 2.24) is 14.9 Å². The summed E-state index contributed by atoms with van der Waals surface area (Å²) in [6, 6.07) is 15.3. The molecule has 7 nitrogen and oxygen atoms in total. The number of nitrogens with one attached hydrogen (secondary N) is 2. The average Bonchev–Trinajstić information content (AvgIpc) is 3.13. The Bertz CT molecular complexity index is 882. The van der Waals surface area contributed by atoms with Crippen LogP contribution in [-0.2, 0) is 0 Å². The van der Waals surface area contributed by atoms with Gasteiger partial charge in [-0.05, 0) is 24.3 Å². The number of hydrogen-bond donors (Lipinski definition) is 2. The van der Waals surface area contributed by atoms with Crippen LogP contribution in [0.5, 0.6) is 5.75 Å². The minimum atomic E-state index is -0.112. The normalized spacial score (nSPS) is 14.5. The van der Waals surface area contributed by atoms with Gasteiger partial charge in [-0.25, -0.2) is 9.78 Å².